The largest absolute Gasteiger partial charge is 0.388 e. The van der Waals surface area contributed by atoms with Crippen LogP contribution in [0.4, 0.5) is 0 Å². The first-order chi connectivity index (χ1) is 11.1. The Kier molecular flexibility index (Phi) is 15.4. The molecule has 0 aromatic heterocycles. The van der Waals surface area contributed by atoms with Crippen LogP contribution in [0, 0.1) is 0 Å². The van der Waals surface area contributed by atoms with E-state index in [1.165, 1.54) is 0 Å². The molecule has 2 unspecified atom stereocenters. The van der Waals surface area contributed by atoms with Crippen LogP contribution in [-0.2, 0) is 14.3 Å². The van der Waals surface area contributed by atoms with E-state index < -0.39 is 13.2 Å². The molecule has 2 N–H and O–H groups in total. The monoisotopic (exact) mass is 366 g/mol. The minimum atomic E-state index is -0.512. The molecule has 136 valence electrons. The maximum atomic E-state index is 11.5. The van der Waals surface area contributed by atoms with E-state index in [9.17, 15) is 9.59 Å². The number of carbonyl (C=O) groups is 2. The first-order valence-electron chi connectivity index (χ1n) is 8.33. The maximum absolute atomic E-state index is 11.5. The highest BCUT2D eigenvalue weighted by atomic mass is 32.2. The molecule has 0 aromatic carbocycles. The first kappa shape index (κ1) is 22.9. The highest BCUT2D eigenvalue weighted by Crippen LogP contribution is 2.28. The van der Waals surface area contributed by atoms with Crippen LogP contribution in [0.1, 0.15) is 65.2 Å². The van der Waals surface area contributed by atoms with E-state index in [0.717, 1.165) is 62.0 Å². The summed E-state index contributed by atoms with van der Waals surface area (Å²) >= 11 is 2.00. The molecule has 0 rings (SSSR count). The lowest BCUT2D eigenvalue weighted by Gasteiger charge is -2.23. The molecule has 0 radical (unpaired) electrons. The van der Waals surface area contributed by atoms with Crippen molar-refractivity contribution in [3.05, 3.63) is 0 Å². The van der Waals surface area contributed by atoms with Gasteiger partial charge in [-0.05, 0) is 25.7 Å². The van der Waals surface area contributed by atoms with Gasteiger partial charge in [0.2, 0.25) is 10.2 Å². The third-order valence-electron chi connectivity index (χ3n) is 3.17. The number of thioether (sulfide) groups is 2. The van der Waals surface area contributed by atoms with Gasteiger partial charge in [-0.3, -0.25) is 9.59 Å². The van der Waals surface area contributed by atoms with Crippen LogP contribution in [0.3, 0.4) is 0 Å². The van der Waals surface area contributed by atoms with E-state index in [4.69, 9.17) is 14.9 Å². The fourth-order valence-electron chi connectivity index (χ4n) is 1.97. The van der Waals surface area contributed by atoms with Gasteiger partial charge in [-0.2, -0.15) is 0 Å². The molecule has 2 atom stereocenters. The zero-order valence-electron chi connectivity index (χ0n) is 14.2. The molecule has 0 saturated heterocycles. The Hall–Kier alpha value is -0.0800. The highest BCUT2D eigenvalue weighted by Gasteiger charge is 2.22. The number of carbonyl (C=O) groups excluding carboxylic acids is 2. The predicted octanol–water partition coefficient (Wildman–Crippen LogP) is 3.32. The molecule has 0 spiro atoms. The summed E-state index contributed by atoms with van der Waals surface area (Å²) in [5.41, 5.74) is -0.710. The zero-order valence-corrected chi connectivity index (χ0v) is 15.8. The summed E-state index contributed by atoms with van der Waals surface area (Å²) in [6.45, 7) is 3.18. The number of hydrogen-bond donors (Lipinski definition) is 2. The molecular formula is C16H30O5S2. The van der Waals surface area contributed by atoms with E-state index in [0.29, 0.717) is 12.8 Å². The molecule has 0 amide bonds. The second-order valence-corrected chi connectivity index (χ2v) is 7.72. The summed E-state index contributed by atoms with van der Waals surface area (Å²) < 4.78 is 5.95. The summed E-state index contributed by atoms with van der Waals surface area (Å²) in [7, 11) is 0. The quantitative estimate of drug-likeness (QED) is 0.360. The smallest absolute Gasteiger partial charge is 0.216 e. The van der Waals surface area contributed by atoms with Crippen molar-refractivity contribution < 1.29 is 24.5 Å². The Morgan fingerprint density at radius 2 is 1.22 bits per heavy atom. The third kappa shape index (κ3) is 12.9. The van der Waals surface area contributed by atoms with Crippen LogP contribution in [0.25, 0.3) is 0 Å². The van der Waals surface area contributed by atoms with E-state index in [1.54, 1.807) is 0 Å². The van der Waals surface area contributed by atoms with Crippen LogP contribution in [0.15, 0.2) is 0 Å². The Bertz CT molecular complexity index is 296. The van der Waals surface area contributed by atoms with E-state index in [1.807, 2.05) is 0 Å². The molecule has 0 bridgehead atoms. The summed E-state index contributed by atoms with van der Waals surface area (Å²) in [6, 6.07) is 0. The Balaban J connectivity index is 4.62. The SMILES string of the molecule is CCCCCC(OC(CCCCC)SC(=O)CO)SC(=O)CO. The van der Waals surface area contributed by atoms with Crippen LogP contribution >= 0.6 is 23.5 Å². The first-order valence-corrected chi connectivity index (χ1v) is 10.1. The topological polar surface area (TPSA) is 83.8 Å². The fourth-order valence-corrected chi connectivity index (χ4v) is 3.72. The Labute approximate surface area is 147 Å². The van der Waals surface area contributed by atoms with Gasteiger partial charge < -0.3 is 14.9 Å². The van der Waals surface area contributed by atoms with Crippen molar-refractivity contribution in [1.29, 1.82) is 0 Å². The molecule has 0 aliphatic carbocycles. The predicted molar refractivity (Wildman–Crippen MR) is 96.3 cm³/mol. The van der Waals surface area contributed by atoms with Gasteiger partial charge in [-0.15, -0.1) is 0 Å². The van der Waals surface area contributed by atoms with Crippen LogP contribution in [0.2, 0.25) is 0 Å². The maximum Gasteiger partial charge on any atom is 0.216 e. The second-order valence-electron chi connectivity index (χ2n) is 5.28. The van der Waals surface area contributed by atoms with Gasteiger partial charge >= 0.3 is 0 Å². The average molecular weight is 367 g/mol. The molecule has 0 saturated carbocycles. The summed E-state index contributed by atoms with van der Waals surface area (Å²) in [4.78, 5) is 23.0. The van der Waals surface area contributed by atoms with Crippen molar-refractivity contribution in [2.45, 2.75) is 76.1 Å². The van der Waals surface area contributed by atoms with Gasteiger partial charge in [0.15, 0.2) is 0 Å². The molecule has 0 aliphatic rings. The standard InChI is InChI=1S/C16H30O5S2/c1-3-5-7-9-15(22-13(19)11-17)21-16(10-8-6-4-2)23-14(20)12-18/h15-18H,3-12H2,1-2H3. The highest BCUT2D eigenvalue weighted by molar-refractivity contribution is 8.14. The molecule has 7 heteroatoms. The van der Waals surface area contributed by atoms with Crippen LogP contribution < -0.4 is 0 Å². The molecule has 23 heavy (non-hydrogen) atoms. The number of aliphatic hydroxyl groups excluding tert-OH is 2. The van der Waals surface area contributed by atoms with Crippen molar-refractivity contribution in [3.63, 3.8) is 0 Å². The summed E-state index contributed by atoms with van der Waals surface area (Å²) in [6.07, 6.45) is 7.55. The van der Waals surface area contributed by atoms with E-state index >= 15 is 0 Å². The molecule has 0 fully saturated rings. The van der Waals surface area contributed by atoms with Crippen molar-refractivity contribution in [3.8, 4) is 0 Å². The van der Waals surface area contributed by atoms with Crippen molar-refractivity contribution >= 4 is 33.8 Å². The number of aliphatic hydroxyl groups is 2. The minimum Gasteiger partial charge on any atom is -0.388 e. The van der Waals surface area contributed by atoms with Crippen molar-refractivity contribution in [2.75, 3.05) is 13.2 Å². The lowest BCUT2D eigenvalue weighted by molar-refractivity contribution is -0.114. The molecule has 5 nitrogen and oxygen atoms in total. The zero-order chi connectivity index (χ0) is 17.5. The minimum absolute atomic E-state index is 0.322. The number of ether oxygens (including phenoxy) is 1. The van der Waals surface area contributed by atoms with Crippen molar-refractivity contribution in [1.82, 2.24) is 0 Å². The average Bonchev–Trinajstić information content (AvgIpc) is 2.54. The summed E-state index contributed by atoms with van der Waals surface area (Å²) in [5.74, 6) is 0. The molecule has 0 heterocycles. The Morgan fingerprint density at radius 3 is 1.52 bits per heavy atom. The lowest BCUT2D eigenvalue weighted by Crippen LogP contribution is -2.22. The fraction of sp³-hybridized carbons (Fsp3) is 0.875. The van der Waals surface area contributed by atoms with E-state index in [2.05, 4.69) is 13.8 Å². The second kappa shape index (κ2) is 15.4. The normalized spacial score (nSPS) is 13.7. The van der Waals surface area contributed by atoms with Crippen LogP contribution in [0.5, 0.6) is 0 Å². The number of rotatable bonds is 14. The Morgan fingerprint density at radius 1 is 0.826 bits per heavy atom. The van der Waals surface area contributed by atoms with Gasteiger partial charge in [0.1, 0.15) is 24.1 Å². The van der Waals surface area contributed by atoms with Gasteiger partial charge in [-0.1, -0.05) is 63.1 Å². The van der Waals surface area contributed by atoms with Gasteiger partial charge in [-0.25, -0.2) is 0 Å². The van der Waals surface area contributed by atoms with E-state index in [-0.39, 0.29) is 21.1 Å². The third-order valence-corrected chi connectivity index (χ3v) is 5.18. The summed E-state index contributed by atoms with van der Waals surface area (Å²) in [5, 5.41) is 17.2. The number of unbranched alkanes of at least 4 members (excludes halogenated alkanes) is 4. The van der Waals surface area contributed by atoms with Crippen LogP contribution in [-0.4, -0.2) is 44.5 Å². The number of hydrogen-bond acceptors (Lipinski definition) is 7. The molecule has 0 aliphatic heterocycles. The van der Waals surface area contributed by atoms with Gasteiger partial charge in [0.25, 0.3) is 0 Å². The van der Waals surface area contributed by atoms with Crippen molar-refractivity contribution in [2.24, 2.45) is 0 Å². The lowest BCUT2D eigenvalue weighted by atomic mass is 10.2. The molecular weight excluding hydrogens is 336 g/mol. The van der Waals surface area contributed by atoms with Gasteiger partial charge in [0, 0.05) is 0 Å². The molecule has 0 aromatic rings. The van der Waals surface area contributed by atoms with Gasteiger partial charge in [0.05, 0.1) is 0 Å².